The van der Waals surface area contributed by atoms with Crippen molar-refractivity contribution in [1.29, 1.82) is 0 Å². The molecule has 2 heterocycles. The minimum atomic E-state index is 0.175. The van der Waals surface area contributed by atoms with Gasteiger partial charge in [-0.15, -0.1) is 0 Å². The Morgan fingerprint density at radius 1 is 1.10 bits per heavy atom. The van der Waals surface area contributed by atoms with Crippen LogP contribution in [0.3, 0.4) is 0 Å². The Labute approximate surface area is 177 Å². The highest BCUT2D eigenvalue weighted by molar-refractivity contribution is 6.42. The van der Waals surface area contributed by atoms with Gasteiger partial charge in [-0.05, 0) is 31.0 Å². The standard InChI is InChI=1S/C20H19Cl2N7/c1-2-29(9-8-12-4-3-5-15(21)17(12)22)20-26-18(25-19(23)27-20)13-6-7-14-11-24-28-16(14)10-13/h3-7,10-11H,2,8-9H2,1H3,(H,24,28)(H2,23,25,26,27). The summed E-state index contributed by atoms with van der Waals surface area (Å²) >= 11 is 12.4. The summed E-state index contributed by atoms with van der Waals surface area (Å²) in [5, 5.41) is 9.15. The molecule has 0 saturated heterocycles. The first kappa shape index (κ1) is 19.4. The molecule has 0 unspecified atom stereocenters. The number of nitrogens with two attached hydrogens (primary N) is 1. The second kappa shape index (κ2) is 8.23. The number of hydrogen-bond acceptors (Lipinski definition) is 6. The van der Waals surface area contributed by atoms with Crippen LogP contribution in [0.1, 0.15) is 12.5 Å². The first-order chi connectivity index (χ1) is 14.0. The summed E-state index contributed by atoms with van der Waals surface area (Å²) in [4.78, 5) is 15.3. The van der Waals surface area contributed by atoms with Crippen LogP contribution < -0.4 is 10.6 Å². The molecular formula is C20H19Cl2N7. The van der Waals surface area contributed by atoms with Gasteiger partial charge < -0.3 is 10.6 Å². The number of rotatable bonds is 6. The molecule has 0 bridgehead atoms. The lowest BCUT2D eigenvalue weighted by molar-refractivity contribution is 0.773. The molecule has 0 aliphatic heterocycles. The number of nitrogens with zero attached hydrogens (tertiary/aromatic N) is 5. The summed E-state index contributed by atoms with van der Waals surface area (Å²) in [6.45, 7) is 3.41. The van der Waals surface area contributed by atoms with Gasteiger partial charge in [0.25, 0.3) is 0 Å². The zero-order chi connectivity index (χ0) is 20.4. The number of H-pyrrole nitrogens is 1. The molecule has 3 N–H and O–H groups in total. The molecule has 0 fully saturated rings. The van der Waals surface area contributed by atoms with Crippen molar-refractivity contribution < 1.29 is 0 Å². The van der Waals surface area contributed by atoms with Gasteiger partial charge in [-0.25, -0.2) is 0 Å². The molecule has 7 nitrogen and oxygen atoms in total. The molecular weight excluding hydrogens is 409 g/mol. The first-order valence-electron chi connectivity index (χ1n) is 9.18. The monoisotopic (exact) mass is 427 g/mol. The van der Waals surface area contributed by atoms with E-state index in [9.17, 15) is 0 Å². The quantitative estimate of drug-likeness (QED) is 0.473. The van der Waals surface area contributed by atoms with E-state index in [0.29, 0.717) is 41.3 Å². The summed E-state index contributed by atoms with van der Waals surface area (Å²) in [6, 6.07) is 11.5. The molecule has 2 aromatic heterocycles. The predicted molar refractivity (Wildman–Crippen MR) is 117 cm³/mol. The lowest BCUT2D eigenvalue weighted by Gasteiger charge is -2.21. The average molecular weight is 428 g/mol. The van der Waals surface area contributed by atoms with E-state index in [1.54, 1.807) is 12.3 Å². The van der Waals surface area contributed by atoms with E-state index in [4.69, 9.17) is 28.9 Å². The third-order valence-corrected chi connectivity index (χ3v) is 5.55. The second-order valence-electron chi connectivity index (χ2n) is 6.53. The topological polar surface area (TPSA) is 96.6 Å². The summed E-state index contributed by atoms with van der Waals surface area (Å²) in [7, 11) is 0. The Morgan fingerprint density at radius 3 is 2.79 bits per heavy atom. The van der Waals surface area contributed by atoms with Crippen molar-refractivity contribution in [3.63, 3.8) is 0 Å². The SMILES string of the molecule is CCN(CCc1cccc(Cl)c1Cl)c1nc(N)nc(-c2ccc3cn[nH]c3c2)n1. The van der Waals surface area contributed by atoms with E-state index in [-0.39, 0.29) is 5.95 Å². The van der Waals surface area contributed by atoms with Gasteiger partial charge in [0, 0.05) is 24.0 Å². The van der Waals surface area contributed by atoms with Gasteiger partial charge in [-0.3, -0.25) is 5.10 Å². The number of nitrogen functional groups attached to an aromatic ring is 1. The first-order valence-corrected chi connectivity index (χ1v) is 9.93. The Balaban J connectivity index is 1.61. The molecule has 0 spiro atoms. The van der Waals surface area contributed by atoms with Crippen LogP contribution in [0.5, 0.6) is 0 Å². The molecule has 0 aliphatic rings. The Hall–Kier alpha value is -2.90. The van der Waals surface area contributed by atoms with Gasteiger partial charge in [-0.2, -0.15) is 20.1 Å². The van der Waals surface area contributed by atoms with E-state index < -0.39 is 0 Å². The fourth-order valence-electron chi connectivity index (χ4n) is 3.12. The highest BCUT2D eigenvalue weighted by Crippen LogP contribution is 2.27. The van der Waals surface area contributed by atoms with Gasteiger partial charge in [0.15, 0.2) is 5.82 Å². The maximum absolute atomic E-state index is 6.31. The van der Waals surface area contributed by atoms with Crippen molar-refractivity contribution in [2.24, 2.45) is 0 Å². The van der Waals surface area contributed by atoms with E-state index in [1.165, 1.54) is 0 Å². The van der Waals surface area contributed by atoms with Crippen LogP contribution in [0.25, 0.3) is 22.3 Å². The van der Waals surface area contributed by atoms with Crippen LogP contribution in [0.15, 0.2) is 42.6 Å². The van der Waals surface area contributed by atoms with Gasteiger partial charge in [0.05, 0.1) is 21.8 Å². The number of anilines is 2. The van der Waals surface area contributed by atoms with Gasteiger partial charge in [0.2, 0.25) is 11.9 Å². The second-order valence-corrected chi connectivity index (χ2v) is 7.32. The fourth-order valence-corrected chi connectivity index (χ4v) is 3.54. The lowest BCUT2D eigenvalue weighted by Crippen LogP contribution is -2.28. The molecule has 0 aliphatic carbocycles. The zero-order valence-corrected chi connectivity index (χ0v) is 17.2. The van der Waals surface area contributed by atoms with E-state index in [1.807, 2.05) is 42.2 Å². The van der Waals surface area contributed by atoms with Gasteiger partial charge in [-0.1, -0.05) is 47.5 Å². The number of likely N-dealkylation sites (N-methyl/N-ethyl adjacent to an activating group) is 1. The Kier molecular flexibility index (Phi) is 5.51. The van der Waals surface area contributed by atoms with Crippen LogP contribution in [-0.2, 0) is 6.42 Å². The van der Waals surface area contributed by atoms with E-state index >= 15 is 0 Å². The van der Waals surface area contributed by atoms with Crippen molar-refractivity contribution in [1.82, 2.24) is 25.1 Å². The largest absolute Gasteiger partial charge is 0.368 e. The fraction of sp³-hybridized carbons (Fsp3) is 0.200. The number of hydrogen-bond donors (Lipinski definition) is 2. The summed E-state index contributed by atoms with van der Waals surface area (Å²) in [5.74, 6) is 1.22. The minimum Gasteiger partial charge on any atom is -0.368 e. The molecule has 2 aromatic carbocycles. The highest BCUT2D eigenvalue weighted by Gasteiger charge is 2.14. The minimum absolute atomic E-state index is 0.175. The van der Waals surface area contributed by atoms with Crippen molar-refractivity contribution in [2.45, 2.75) is 13.3 Å². The number of aromatic nitrogens is 5. The maximum atomic E-state index is 6.31. The maximum Gasteiger partial charge on any atom is 0.230 e. The van der Waals surface area contributed by atoms with Crippen molar-refractivity contribution in [3.8, 4) is 11.4 Å². The number of fused-ring (bicyclic) bond motifs is 1. The summed E-state index contributed by atoms with van der Waals surface area (Å²) in [6.07, 6.45) is 2.47. The molecule has 148 valence electrons. The van der Waals surface area contributed by atoms with Crippen molar-refractivity contribution in [2.75, 3.05) is 23.7 Å². The molecule has 9 heteroatoms. The third-order valence-electron chi connectivity index (χ3n) is 4.69. The average Bonchev–Trinajstić information content (AvgIpc) is 3.19. The van der Waals surface area contributed by atoms with E-state index in [0.717, 1.165) is 22.0 Å². The molecule has 0 saturated carbocycles. The molecule has 0 amide bonds. The van der Waals surface area contributed by atoms with Crippen molar-refractivity contribution in [3.05, 3.63) is 58.2 Å². The molecule has 4 aromatic rings. The van der Waals surface area contributed by atoms with Crippen LogP contribution >= 0.6 is 23.2 Å². The molecule has 4 rings (SSSR count). The smallest absolute Gasteiger partial charge is 0.230 e. The normalized spacial score (nSPS) is 11.1. The van der Waals surface area contributed by atoms with Gasteiger partial charge in [0.1, 0.15) is 0 Å². The number of aromatic amines is 1. The Morgan fingerprint density at radius 2 is 1.97 bits per heavy atom. The molecule has 29 heavy (non-hydrogen) atoms. The lowest BCUT2D eigenvalue weighted by atomic mass is 10.1. The van der Waals surface area contributed by atoms with Crippen LogP contribution in [0, 0.1) is 0 Å². The van der Waals surface area contributed by atoms with Crippen LogP contribution in [0.4, 0.5) is 11.9 Å². The number of nitrogens with one attached hydrogen (secondary N) is 1. The molecule has 0 atom stereocenters. The van der Waals surface area contributed by atoms with Crippen molar-refractivity contribution >= 4 is 46.0 Å². The van der Waals surface area contributed by atoms with Crippen LogP contribution in [-0.4, -0.2) is 38.2 Å². The highest BCUT2D eigenvalue weighted by atomic mass is 35.5. The Bertz CT molecular complexity index is 1160. The third kappa shape index (κ3) is 4.11. The van der Waals surface area contributed by atoms with E-state index in [2.05, 4.69) is 25.1 Å². The summed E-state index contributed by atoms with van der Waals surface area (Å²) in [5.41, 5.74) is 8.71. The molecule has 0 radical (unpaired) electrons. The predicted octanol–water partition coefficient (Wildman–Crippen LogP) is 4.37. The zero-order valence-electron chi connectivity index (χ0n) is 15.7. The summed E-state index contributed by atoms with van der Waals surface area (Å²) < 4.78 is 0. The number of halogens is 2. The van der Waals surface area contributed by atoms with Crippen LogP contribution in [0.2, 0.25) is 10.0 Å². The number of benzene rings is 2. The van der Waals surface area contributed by atoms with Gasteiger partial charge >= 0.3 is 0 Å².